The van der Waals surface area contributed by atoms with Gasteiger partial charge in [0, 0.05) is 0 Å². The lowest BCUT2D eigenvalue weighted by molar-refractivity contribution is 0.175. The molecule has 0 amide bonds. The van der Waals surface area contributed by atoms with Gasteiger partial charge < -0.3 is 5.32 Å². The molecule has 1 heterocycles. The topological polar surface area (TPSA) is 12.0 Å². The van der Waals surface area contributed by atoms with E-state index >= 15 is 0 Å². The van der Waals surface area contributed by atoms with Gasteiger partial charge in [0.2, 0.25) is 0 Å². The molecule has 2 rings (SSSR count). The summed E-state index contributed by atoms with van der Waals surface area (Å²) in [4.78, 5) is 0. The first-order valence-electron chi connectivity index (χ1n) is 7.50. The van der Waals surface area contributed by atoms with Crippen LogP contribution in [0.2, 0.25) is 0 Å². The highest BCUT2D eigenvalue weighted by Gasteiger charge is 2.27. The molecule has 2 aliphatic rings. The largest absolute Gasteiger partial charge is 0.316 e. The van der Waals surface area contributed by atoms with Crippen molar-refractivity contribution in [1.29, 1.82) is 0 Å². The second kappa shape index (κ2) is 6.05. The van der Waals surface area contributed by atoms with Crippen molar-refractivity contribution >= 4 is 0 Å². The van der Waals surface area contributed by atoms with Gasteiger partial charge in [-0.05, 0) is 56.0 Å². The minimum Gasteiger partial charge on any atom is -0.316 e. The average Bonchev–Trinajstić information content (AvgIpc) is 2.32. The van der Waals surface area contributed by atoms with E-state index in [-0.39, 0.29) is 0 Å². The molecule has 0 aromatic heterocycles. The van der Waals surface area contributed by atoms with Gasteiger partial charge in [-0.2, -0.15) is 0 Å². The quantitative estimate of drug-likeness (QED) is 0.766. The maximum absolute atomic E-state index is 3.58. The zero-order valence-electron chi connectivity index (χ0n) is 11.2. The van der Waals surface area contributed by atoms with E-state index in [4.69, 9.17) is 0 Å². The van der Waals surface area contributed by atoms with Gasteiger partial charge in [-0.25, -0.2) is 0 Å². The molecule has 4 atom stereocenters. The number of hydrogen-bond acceptors (Lipinski definition) is 1. The Morgan fingerprint density at radius 2 is 1.94 bits per heavy atom. The molecule has 1 nitrogen and oxygen atoms in total. The molecule has 0 aromatic rings. The minimum absolute atomic E-state index is 0.961. The molecule has 1 saturated heterocycles. The van der Waals surface area contributed by atoms with Gasteiger partial charge in [0.1, 0.15) is 0 Å². The zero-order valence-corrected chi connectivity index (χ0v) is 11.2. The normalized spacial score (nSPS) is 40.9. The summed E-state index contributed by atoms with van der Waals surface area (Å²) in [5.41, 5.74) is 0. The highest BCUT2D eigenvalue weighted by Crippen LogP contribution is 2.36. The lowest BCUT2D eigenvalue weighted by Crippen LogP contribution is -2.36. The first-order chi connectivity index (χ1) is 7.79. The van der Waals surface area contributed by atoms with Crippen molar-refractivity contribution in [1.82, 2.24) is 5.32 Å². The van der Waals surface area contributed by atoms with E-state index in [1.165, 1.54) is 58.0 Å². The molecule has 4 unspecified atom stereocenters. The first-order valence-corrected chi connectivity index (χ1v) is 7.50. The monoisotopic (exact) mass is 223 g/mol. The Labute approximate surface area is 101 Å². The molecule has 0 bridgehead atoms. The average molecular weight is 223 g/mol. The van der Waals surface area contributed by atoms with Gasteiger partial charge >= 0.3 is 0 Å². The van der Waals surface area contributed by atoms with Gasteiger partial charge in [0.15, 0.2) is 0 Å². The standard InChI is InChI=1S/C15H29N/c1-3-13-5-4-6-14(9-13)10-15-11-16-8-7-12(15)2/h12-16H,3-11H2,1-2H3. The third-order valence-corrected chi connectivity index (χ3v) is 5.09. The molecule has 1 aliphatic carbocycles. The van der Waals surface area contributed by atoms with Crippen LogP contribution in [0, 0.1) is 23.7 Å². The summed E-state index contributed by atoms with van der Waals surface area (Å²) in [7, 11) is 0. The van der Waals surface area contributed by atoms with E-state index in [1.807, 2.05) is 0 Å². The number of piperidine rings is 1. The summed E-state index contributed by atoms with van der Waals surface area (Å²) < 4.78 is 0. The summed E-state index contributed by atoms with van der Waals surface area (Å²) in [6, 6.07) is 0. The van der Waals surface area contributed by atoms with Crippen LogP contribution >= 0.6 is 0 Å². The summed E-state index contributed by atoms with van der Waals surface area (Å²) in [5, 5.41) is 3.58. The van der Waals surface area contributed by atoms with Gasteiger partial charge in [0.25, 0.3) is 0 Å². The molecule has 16 heavy (non-hydrogen) atoms. The molecule has 2 fully saturated rings. The lowest BCUT2D eigenvalue weighted by atomic mass is 9.73. The van der Waals surface area contributed by atoms with E-state index < -0.39 is 0 Å². The van der Waals surface area contributed by atoms with Crippen LogP contribution < -0.4 is 5.32 Å². The van der Waals surface area contributed by atoms with Crippen LogP contribution in [0.3, 0.4) is 0 Å². The van der Waals surface area contributed by atoms with Gasteiger partial charge in [-0.1, -0.05) is 39.5 Å². The van der Waals surface area contributed by atoms with Crippen molar-refractivity contribution in [2.45, 2.75) is 58.8 Å². The number of rotatable bonds is 3. The van der Waals surface area contributed by atoms with Crippen molar-refractivity contribution in [2.24, 2.45) is 23.7 Å². The highest BCUT2D eigenvalue weighted by molar-refractivity contribution is 4.80. The van der Waals surface area contributed by atoms with Crippen LogP contribution in [0.15, 0.2) is 0 Å². The molecular formula is C15H29N. The van der Waals surface area contributed by atoms with Gasteiger partial charge in [-0.3, -0.25) is 0 Å². The maximum atomic E-state index is 3.58. The molecule has 0 aromatic carbocycles. The summed E-state index contributed by atoms with van der Waals surface area (Å²) in [5.74, 6) is 4.02. The summed E-state index contributed by atoms with van der Waals surface area (Å²) in [6.45, 7) is 7.37. The Hall–Kier alpha value is -0.0400. The van der Waals surface area contributed by atoms with E-state index in [9.17, 15) is 0 Å². The Morgan fingerprint density at radius 3 is 2.69 bits per heavy atom. The van der Waals surface area contributed by atoms with Gasteiger partial charge in [-0.15, -0.1) is 0 Å². The van der Waals surface area contributed by atoms with Crippen molar-refractivity contribution in [3.05, 3.63) is 0 Å². The third-order valence-electron chi connectivity index (χ3n) is 5.09. The Balaban J connectivity index is 1.79. The second-order valence-corrected chi connectivity index (χ2v) is 6.27. The van der Waals surface area contributed by atoms with Crippen molar-refractivity contribution in [3.8, 4) is 0 Å². The predicted molar refractivity (Wildman–Crippen MR) is 70.5 cm³/mol. The molecule has 1 saturated carbocycles. The summed E-state index contributed by atoms with van der Waals surface area (Å²) >= 11 is 0. The lowest BCUT2D eigenvalue weighted by Gasteiger charge is -2.35. The van der Waals surface area contributed by atoms with Crippen molar-refractivity contribution < 1.29 is 0 Å². The molecule has 1 heteroatoms. The Kier molecular flexibility index (Phi) is 4.69. The van der Waals surface area contributed by atoms with E-state index in [0.29, 0.717) is 0 Å². The highest BCUT2D eigenvalue weighted by atomic mass is 14.9. The number of nitrogens with one attached hydrogen (secondary N) is 1. The van der Waals surface area contributed by atoms with Crippen LogP contribution in [0.25, 0.3) is 0 Å². The van der Waals surface area contributed by atoms with Gasteiger partial charge in [0.05, 0.1) is 0 Å². The van der Waals surface area contributed by atoms with E-state index in [1.54, 1.807) is 0 Å². The van der Waals surface area contributed by atoms with Crippen LogP contribution in [0.4, 0.5) is 0 Å². The molecular weight excluding hydrogens is 194 g/mol. The molecule has 0 radical (unpaired) electrons. The van der Waals surface area contributed by atoms with Crippen LogP contribution in [0.1, 0.15) is 58.8 Å². The summed E-state index contributed by atoms with van der Waals surface area (Å²) in [6.07, 6.45) is 10.4. The van der Waals surface area contributed by atoms with Crippen molar-refractivity contribution in [2.75, 3.05) is 13.1 Å². The smallest absolute Gasteiger partial charge is 0.00179 e. The minimum atomic E-state index is 0.961. The Bertz CT molecular complexity index is 202. The van der Waals surface area contributed by atoms with E-state index in [0.717, 1.165) is 23.7 Å². The molecule has 0 spiro atoms. The molecule has 1 N–H and O–H groups in total. The van der Waals surface area contributed by atoms with Crippen LogP contribution in [0.5, 0.6) is 0 Å². The fourth-order valence-electron chi connectivity index (χ4n) is 3.79. The predicted octanol–water partition coefficient (Wildman–Crippen LogP) is 3.84. The fraction of sp³-hybridized carbons (Fsp3) is 1.00. The molecule has 94 valence electrons. The zero-order chi connectivity index (χ0) is 11.4. The maximum Gasteiger partial charge on any atom is -0.00179 e. The number of hydrogen-bond donors (Lipinski definition) is 1. The second-order valence-electron chi connectivity index (χ2n) is 6.27. The SMILES string of the molecule is CCC1CCCC(CC2CNCCC2C)C1. The van der Waals surface area contributed by atoms with E-state index in [2.05, 4.69) is 19.2 Å². The third kappa shape index (κ3) is 3.23. The van der Waals surface area contributed by atoms with Crippen LogP contribution in [-0.4, -0.2) is 13.1 Å². The van der Waals surface area contributed by atoms with Crippen LogP contribution in [-0.2, 0) is 0 Å². The van der Waals surface area contributed by atoms with Crippen molar-refractivity contribution in [3.63, 3.8) is 0 Å². The molecule has 1 aliphatic heterocycles. The fourth-order valence-corrected chi connectivity index (χ4v) is 3.79. The Morgan fingerprint density at radius 1 is 1.12 bits per heavy atom. The first kappa shape index (κ1) is 12.4.